The fourth-order valence-corrected chi connectivity index (χ4v) is 2.51. The Hall–Kier alpha value is -0.0800. The second-order valence-corrected chi connectivity index (χ2v) is 4.20. The summed E-state index contributed by atoms with van der Waals surface area (Å²) in [6.45, 7) is 6.13. The van der Waals surface area contributed by atoms with E-state index in [1.54, 1.807) is 0 Å². The monoisotopic (exact) mass is 154 g/mol. The van der Waals surface area contributed by atoms with Crippen LogP contribution < -0.4 is 5.32 Å². The molecule has 2 aliphatic rings. The molecule has 0 aromatic rings. The lowest BCUT2D eigenvalue weighted by atomic mass is 9.81. The van der Waals surface area contributed by atoms with Crippen LogP contribution in [-0.4, -0.2) is 37.6 Å². The van der Waals surface area contributed by atoms with Crippen molar-refractivity contribution in [1.29, 1.82) is 0 Å². The summed E-state index contributed by atoms with van der Waals surface area (Å²) in [6, 6.07) is 0.791. The van der Waals surface area contributed by atoms with Crippen LogP contribution in [0.4, 0.5) is 0 Å². The van der Waals surface area contributed by atoms with Gasteiger partial charge in [-0.15, -0.1) is 0 Å². The molecular weight excluding hydrogens is 136 g/mol. The molecule has 0 saturated carbocycles. The standard InChI is InChI=1S/C9H18N2/c1-7-9-3-8(4-10-5-9)6-11(7)2/h7-10H,3-6H2,1-2H3/t7-,8-,9+/m0/s1. The molecule has 0 aromatic carbocycles. The molecule has 2 fully saturated rings. The SMILES string of the molecule is C[C@H]1[C@H]2CNC[C@H](C2)CN1C. The Labute approximate surface area is 69.0 Å². The average molecular weight is 154 g/mol. The first-order chi connectivity index (χ1) is 5.27. The van der Waals surface area contributed by atoms with E-state index in [0.29, 0.717) is 0 Å². The van der Waals surface area contributed by atoms with Gasteiger partial charge < -0.3 is 10.2 Å². The number of piperidine rings is 2. The molecule has 2 aliphatic heterocycles. The highest BCUT2D eigenvalue weighted by molar-refractivity contribution is 4.89. The van der Waals surface area contributed by atoms with Crippen LogP contribution in [0.3, 0.4) is 0 Å². The Morgan fingerprint density at radius 1 is 1.36 bits per heavy atom. The van der Waals surface area contributed by atoms with Crippen molar-refractivity contribution in [3.63, 3.8) is 0 Å². The van der Waals surface area contributed by atoms with E-state index in [2.05, 4.69) is 24.2 Å². The minimum atomic E-state index is 0.791. The zero-order valence-corrected chi connectivity index (χ0v) is 7.51. The lowest BCUT2D eigenvalue weighted by Gasteiger charge is -2.45. The average Bonchev–Trinajstić information content (AvgIpc) is 2.01. The second-order valence-electron chi connectivity index (χ2n) is 4.20. The van der Waals surface area contributed by atoms with E-state index < -0.39 is 0 Å². The maximum Gasteiger partial charge on any atom is 0.0104 e. The molecule has 0 spiro atoms. The Morgan fingerprint density at radius 2 is 2.18 bits per heavy atom. The van der Waals surface area contributed by atoms with Gasteiger partial charge in [-0.2, -0.15) is 0 Å². The normalized spacial score (nSPS) is 45.8. The Morgan fingerprint density at radius 3 is 3.00 bits per heavy atom. The molecule has 2 nitrogen and oxygen atoms in total. The molecule has 11 heavy (non-hydrogen) atoms. The number of hydrogen-bond donors (Lipinski definition) is 1. The molecule has 2 rings (SSSR count). The van der Waals surface area contributed by atoms with E-state index >= 15 is 0 Å². The van der Waals surface area contributed by atoms with Crippen molar-refractivity contribution in [2.24, 2.45) is 11.8 Å². The van der Waals surface area contributed by atoms with E-state index in [1.165, 1.54) is 26.1 Å². The van der Waals surface area contributed by atoms with Crippen molar-refractivity contribution in [2.75, 3.05) is 26.7 Å². The number of hydrogen-bond acceptors (Lipinski definition) is 2. The van der Waals surface area contributed by atoms with E-state index in [1.807, 2.05) is 0 Å². The van der Waals surface area contributed by atoms with Gasteiger partial charge in [0, 0.05) is 12.6 Å². The number of nitrogens with one attached hydrogen (secondary N) is 1. The van der Waals surface area contributed by atoms with E-state index in [4.69, 9.17) is 0 Å². The third-order valence-corrected chi connectivity index (χ3v) is 3.40. The van der Waals surface area contributed by atoms with Crippen molar-refractivity contribution >= 4 is 0 Å². The molecule has 2 heteroatoms. The van der Waals surface area contributed by atoms with Crippen LogP contribution in [-0.2, 0) is 0 Å². The molecule has 1 N–H and O–H groups in total. The van der Waals surface area contributed by atoms with Gasteiger partial charge in [0.05, 0.1) is 0 Å². The quantitative estimate of drug-likeness (QED) is 0.548. The summed E-state index contributed by atoms with van der Waals surface area (Å²) < 4.78 is 0. The Bertz CT molecular complexity index is 144. The van der Waals surface area contributed by atoms with Gasteiger partial charge in [0.15, 0.2) is 0 Å². The van der Waals surface area contributed by atoms with Crippen LogP contribution >= 0.6 is 0 Å². The molecule has 3 atom stereocenters. The van der Waals surface area contributed by atoms with Gasteiger partial charge in [-0.1, -0.05) is 0 Å². The first kappa shape index (κ1) is 7.56. The lowest BCUT2D eigenvalue weighted by Crippen LogP contribution is -2.54. The fourth-order valence-electron chi connectivity index (χ4n) is 2.51. The van der Waals surface area contributed by atoms with Crippen LogP contribution in [0.25, 0.3) is 0 Å². The predicted octanol–water partition coefficient (Wildman–Crippen LogP) is 0.546. The van der Waals surface area contributed by atoms with E-state index in [9.17, 15) is 0 Å². The molecule has 64 valence electrons. The lowest BCUT2D eigenvalue weighted by molar-refractivity contribution is 0.0648. The number of fused-ring (bicyclic) bond motifs is 2. The highest BCUT2D eigenvalue weighted by Crippen LogP contribution is 2.28. The Kier molecular flexibility index (Phi) is 1.90. The summed E-state index contributed by atoms with van der Waals surface area (Å²) in [6.07, 6.45) is 1.46. The van der Waals surface area contributed by atoms with E-state index in [0.717, 1.165) is 17.9 Å². The van der Waals surface area contributed by atoms with Gasteiger partial charge in [-0.05, 0) is 45.3 Å². The third-order valence-electron chi connectivity index (χ3n) is 3.40. The van der Waals surface area contributed by atoms with Gasteiger partial charge in [-0.3, -0.25) is 0 Å². The molecule has 0 aromatic heterocycles. The zero-order valence-electron chi connectivity index (χ0n) is 7.51. The number of likely N-dealkylation sites (tertiary alicyclic amines) is 1. The van der Waals surface area contributed by atoms with Crippen LogP contribution in [0.5, 0.6) is 0 Å². The highest BCUT2D eigenvalue weighted by atomic mass is 15.2. The molecule has 0 aliphatic carbocycles. The molecule has 0 unspecified atom stereocenters. The molecule has 2 heterocycles. The van der Waals surface area contributed by atoms with Crippen LogP contribution in [0.2, 0.25) is 0 Å². The third kappa shape index (κ3) is 1.30. The van der Waals surface area contributed by atoms with E-state index in [-0.39, 0.29) is 0 Å². The smallest absolute Gasteiger partial charge is 0.0104 e. The summed E-state index contributed by atoms with van der Waals surface area (Å²) in [5, 5.41) is 3.51. The molecule has 0 radical (unpaired) electrons. The fraction of sp³-hybridized carbons (Fsp3) is 1.00. The van der Waals surface area contributed by atoms with Gasteiger partial charge in [-0.25, -0.2) is 0 Å². The zero-order chi connectivity index (χ0) is 7.84. The summed E-state index contributed by atoms with van der Waals surface area (Å²) >= 11 is 0. The number of nitrogens with zero attached hydrogens (tertiary/aromatic N) is 1. The predicted molar refractivity (Wildman–Crippen MR) is 46.6 cm³/mol. The minimum absolute atomic E-state index is 0.791. The van der Waals surface area contributed by atoms with Crippen molar-refractivity contribution in [3.8, 4) is 0 Å². The molecule has 2 saturated heterocycles. The van der Waals surface area contributed by atoms with Crippen LogP contribution in [0, 0.1) is 11.8 Å². The molecule has 0 amide bonds. The first-order valence-corrected chi connectivity index (χ1v) is 4.68. The van der Waals surface area contributed by atoms with Crippen molar-refractivity contribution in [2.45, 2.75) is 19.4 Å². The van der Waals surface area contributed by atoms with Gasteiger partial charge in [0.25, 0.3) is 0 Å². The number of rotatable bonds is 0. The summed E-state index contributed by atoms with van der Waals surface area (Å²) in [5.41, 5.74) is 0. The van der Waals surface area contributed by atoms with Crippen molar-refractivity contribution in [3.05, 3.63) is 0 Å². The second kappa shape index (κ2) is 2.76. The van der Waals surface area contributed by atoms with Crippen molar-refractivity contribution in [1.82, 2.24) is 10.2 Å². The first-order valence-electron chi connectivity index (χ1n) is 4.68. The molecule has 2 bridgehead atoms. The van der Waals surface area contributed by atoms with Gasteiger partial charge >= 0.3 is 0 Å². The largest absolute Gasteiger partial charge is 0.316 e. The highest BCUT2D eigenvalue weighted by Gasteiger charge is 2.33. The van der Waals surface area contributed by atoms with Crippen molar-refractivity contribution < 1.29 is 0 Å². The Balaban J connectivity index is 2.05. The summed E-state index contributed by atoms with van der Waals surface area (Å²) in [7, 11) is 2.26. The topological polar surface area (TPSA) is 15.3 Å². The van der Waals surface area contributed by atoms with Crippen LogP contribution in [0.15, 0.2) is 0 Å². The molecular formula is C9H18N2. The summed E-state index contributed by atoms with van der Waals surface area (Å²) in [4.78, 5) is 2.51. The van der Waals surface area contributed by atoms with Gasteiger partial charge in [0.2, 0.25) is 0 Å². The van der Waals surface area contributed by atoms with Gasteiger partial charge in [0.1, 0.15) is 0 Å². The maximum absolute atomic E-state index is 3.51. The minimum Gasteiger partial charge on any atom is -0.316 e. The van der Waals surface area contributed by atoms with Crippen LogP contribution in [0.1, 0.15) is 13.3 Å². The maximum atomic E-state index is 3.51. The summed E-state index contributed by atoms with van der Waals surface area (Å²) in [5.74, 6) is 1.84.